The van der Waals surface area contributed by atoms with Gasteiger partial charge in [0, 0.05) is 63.2 Å². The van der Waals surface area contributed by atoms with Crippen LogP contribution in [0.2, 0.25) is 0 Å². The Morgan fingerprint density at radius 1 is 1.14 bits per heavy atom. The van der Waals surface area contributed by atoms with Crippen molar-refractivity contribution in [3.8, 4) is 11.5 Å². The lowest BCUT2D eigenvalue weighted by molar-refractivity contribution is -0.111. The zero-order chi connectivity index (χ0) is 26.2. The number of aldehydes is 1. The summed E-state index contributed by atoms with van der Waals surface area (Å²) in [5.74, 6) is 0.298. The van der Waals surface area contributed by atoms with Gasteiger partial charge in [0.25, 0.3) is 5.91 Å². The molecule has 35 heavy (non-hydrogen) atoms. The van der Waals surface area contributed by atoms with Gasteiger partial charge in [-0.05, 0) is 52.8 Å². The largest absolute Gasteiger partial charge is 0.493 e. The van der Waals surface area contributed by atoms with E-state index in [2.05, 4.69) is 0 Å². The van der Waals surface area contributed by atoms with Gasteiger partial charge < -0.3 is 33.5 Å². The summed E-state index contributed by atoms with van der Waals surface area (Å²) in [7, 11) is 3.18. The van der Waals surface area contributed by atoms with Crippen molar-refractivity contribution in [3.05, 3.63) is 23.8 Å². The summed E-state index contributed by atoms with van der Waals surface area (Å²) in [4.78, 5) is 41.1. The first-order valence-electron chi connectivity index (χ1n) is 12.0. The molecule has 1 aliphatic heterocycles. The van der Waals surface area contributed by atoms with Gasteiger partial charge in [0.2, 0.25) is 0 Å². The van der Waals surface area contributed by atoms with Gasteiger partial charge in [-0.3, -0.25) is 4.79 Å². The van der Waals surface area contributed by atoms with Crippen molar-refractivity contribution < 1.29 is 33.3 Å². The second-order valence-electron chi connectivity index (χ2n) is 10.1. The number of hydrogen-bond donors (Lipinski definition) is 0. The molecule has 2 rings (SSSR count). The lowest BCUT2D eigenvalue weighted by atomic mass is 9.96. The first-order chi connectivity index (χ1) is 16.5. The van der Waals surface area contributed by atoms with E-state index >= 15 is 0 Å². The molecule has 0 saturated carbocycles. The third-order valence-electron chi connectivity index (χ3n) is 5.79. The van der Waals surface area contributed by atoms with Crippen molar-refractivity contribution in [1.82, 2.24) is 9.80 Å². The molecular formula is C26H40N2O7. The lowest BCUT2D eigenvalue weighted by Crippen LogP contribution is -2.42. The van der Waals surface area contributed by atoms with E-state index in [9.17, 15) is 14.4 Å². The van der Waals surface area contributed by atoms with Crippen molar-refractivity contribution in [2.75, 3.05) is 47.1 Å². The Labute approximate surface area is 208 Å². The molecule has 1 saturated heterocycles. The fraction of sp³-hybridized carbons (Fsp3) is 0.654. The lowest BCUT2D eigenvalue weighted by Gasteiger charge is -2.31. The Bertz CT molecular complexity index is 866. The number of ether oxygens (including phenoxy) is 4. The number of benzene rings is 1. The molecule has 0 radical (unpaired) electrons. The summed E-state index contributed by atoms with van der Waals surface area (Å²) in [6.07, 6.45) is 1.13. The molecule has 1 aliphatic rings. The van der Waals surface area contributed by atoms with Crippen molar-refractivity contribution in [3.63, 3.8) is 0 Å². The van der Waals surface area contributed by atoms with Crippen LogP contribution in [0.4, 0.5) is 4.79 Å². The van der Waals surface area contributed by atoms with Crippen LogP contribution in [0.1, 0.15) is 51.4 Å². The summed E-state index contributed by atoms with van der Waals surface area (Å²) in [6.45, 7) is 11.3. The third kappa shape index (κ3) is 8.13. The maximum Gasteiger partial charge on any atom is 0.410 e. The van der Waals surface area contributed by atoms with E-state index in [1.807, 2.05) is 13.8 Å². The molecule has 0 spiro atoms. The number of nitrogens with zero attached hydrogens (tertiary/aromatic N) is 2. The average molecular weight is 493 g/mol. The Balaban J connectivity index is 2.17. The number of carbonyl (C=O) groups is 3. The summed E-state index contributed by atoms with van der Waals surface area (Å²) in [5, 5.41) is 0. The fourth-order valence-corrected chi connectivity index (χ4v) is 3.97. The van der Waals surface area contributed by atoms with Gasteiger partial charge in [0.05, 0.1) is 13.7 Å². The van der Waals surface area contributed by atoms with E-state index in [0.717, 1.165) is 6.29 Å². The predicted octanol–water partition coefficient (Wildman–Crippen LogP) is 3.64. The zero-order valence-corrected chi connectivity index (χ0v) is 22.0. The Kier molecular flexibility index (Phi) is 10.4. The smallest absolute Gasteiger partial charge is 0.410 e. The minimum Gasteiger partial charge on any atom is -0.493 e. The Hall–Kier alpha value is -2.81. The van der Waals surface area contributed by atoms with Gasteiger partial charge in [-0.15, -0.1) is 0 Å². The van der Waals surface area contributed by atoms with Crippen molar-refractivity contribution in [1.29, 1.82) is 0 Å². The van der Waals surface area contributed by atoms with Crippen LogP contribution in [0.15, 0.2) is 18.2 Å². The standard InChI is InChI=1S/C26H40N2O7/c1-18(2)28(16-20-14-27(15-21(20)17-29)25(31)35-26(3,4)5)24(30)19-9-10-22(33-7)23(13-19)34-12-8-11-32-6/h9-10,13,17-18,20-21H,8,11-12,14-16H2,1-7H3/t20-,21-/m0/s1. The normalized spacial score (nSPS) is 17.9. The van der Waals surface area contributed by atoms with Gasteiger partial charge in [-0.2, -0.15) is 0 Å². The monoisotopic (exact) mass is 492 g/mol. The van der Waals surface area contributed by atoms with Gasteiger partial charge in [0.1, 0.15) is 11.9 Å². The molecule has 196 valence electrons. The minimum atomic E-state index is -0.622. The van der Waals surface area contributed by atoms with Crippen LogP contribution >= 0.6 is 0 Å². The maximum atomic E-state index is 13.5. The molecule has 0 aromatic heterocycles. The van der Waals surface area contributed by atoms with Crippen LogP contribution in [0.3, 0.4) is 0 Å². The number of methoxy groups -OCH3 is 2. The van der Waals surface area contributed by atoms with Crippen molar-refractivity contribution in [2.45, 2.75) is 52.7 Å². The molecule has 2 atom stereocenters. The Morgan fingerprint density at radius 2 is 1.86 bits per heavy atom. The van der Waals surface area contributed by atoms with Gasteiger partial charge in [-0.25, -0.2) is 4.79 Å². The van der Waals surface area contributed by atoms with E-state index in [1.54, 1.807) is 63.0 Å². The Morgan fingerprint density at radius 3 is 2.43 bits per heavy atom. The van der Waals surface area contributed by atoms with E-state index in [-0.39, 0.29) is 30.3 Å². The number of amides is 2. The van der Waals surface area contributed by atoms with E-state index in [0.29, 0.717) is 49.8 Å². The van der Waals surface area contributed by atoms with Crippen molar-refractivity contribution in [2.24, 2.45) is 11.8 Å². The highest BCUT2D eigenvalue weighted by atomic mass is 16.6. The SMILES string of the molecule is COCCCOc1cc(C(=O)N(C[C@@H]2CN(C(=O)OC(C)(C)C)C[C@H]2C=O)C(C)C)ccc1OC. The second kappa shape index (κ2) is 12.8. The summed E-state index contributed by atoms with van der Waals surface area (Å²) in [6, 6.07) is 4.99. The maximum absolute atomic E-state index is 13.5. The summed E-state index contributed by atoms with van der Waals surface area (Å²) in [5.41, 5.74) is -0.158. The van der Waals surface area contributed by atoms with Crippen LogP contribution in [0.5, 0.6) is 11.5 Å². The molecule has 1 aromatic rings. The number of likely N-dealkylation sites (tertiary alicyclic amines) is 1. The summed E-state index contributed by atoms with van der Waals surface area (Å²) < 4.78 is 21.7. The highest BCUT2D eigenvalue weighted by Crippen LogP contribution is 2.30. The predicted molar refractivity (Wildman–Crippen MR) is 132 cm³/mol. The van der Waals surface area contributed by atoms with Crippen LogP contribution in [-0.2, 0) is 14.3 Å². The topological polar surface area (TPSA) is 94.6 Å². The van der Waals surface area contributed by atoms with E-state index in [4.69, 9.17) is 18.9 Å². The highest BCUT2D eigenvalue weighted by molar-refractivity contribution is 5.95. The molecule has 9 nitrogen and oxygen atoms in total. The third-order valence-corrected chi connectivity index (χ3v) is 5.79. The van der Waals surface area contributed by atoms with Crippen LogP contribution in [0.25, 0.3) is 0 Å². The molecule has 0 N–H and O–H groups in total. The van der Waals surface area contributed by atoms with Crippen LogP contribution < -0.4 is 9.47 Å². The fourth-order valence-electron chi connectivity index (χ4n) is 3.97. The van der Waals surface area contributed by atoms with E-state index in [1.165, 1.54) is 0 Å². The summed E-state index contributed by atoms with van der Waals surface area (Å²) >= 11 is 0. The number of rotatable bonds is 11. The molecule has 9 heteroatoms. The molecule has 1 heterocycles. The average Bonchev–Trinajstić information content (AvgIpc) is 3.21. The molecule has 0 bridgehead atoms. The minimum absolute atomic E-state index is 0.112. The highest BCUT2D eigenvalue weighted by Gasteiger charge is 2.39. The second-order valence-corrected chi connectivity index (χ2v) is 10.1. The quantitative estimate of drug-likeness (QED) is 0.344. The molecule has 1 fully saturated rings. The molecule has 0 unspecified atom stereocenters. The van der Waals surface area contributed by atoms with Crippen LogP contribution in [-0.4, -0.2) is 86.8 Å². The first-order valence-corrected chi connectivity index (χ1v) is 12.0. The molecule has 2 amide bonds. The molecule has 0 aliphatic carbocycles. The molecular weight excluding hydrogens is 452 g/mol. The number of hydrogen-bond acceptors (Lipinski definition) is 7. The first kappa shape index (κ1) is 28.4. The van der Waals surface area contributed by atoms with Gasteiger partial charge in [-0.1, -0.05) is 0 Å². The van der Waals surface area contributed by atoms with Gasteiger partial charge in [0.15, 0.2) is 11.5 Å². The van der Waals surface area contributed by atoms with E-state index < -0.39 is 11.7 Å². The van der Waals surface area contributed by atoms with Crippen LogP contribution in [0, 0.1) is 11.8 Å². The van der Waals surface area contributed by atoms with Gasteiger partial charge >= 0.3 is 6.09 Å². The molecule has 1 aromatic carbocycles. The van der Waals surface area contributed by atoms with Crippen molar-refractivity contribution >= 4 is 18.3 Å². The zero-order valence-electron chi connectivity index (χ0n) is 22.0. The number of carbonyl (C=O) groups excluding carboxylic acids is 3.